The molecule has 1 aliphatic carbocycles. The molecule has 1 aromatic carbocycles. The van der Waals surface area contributed by atoms with Crippen LogP contribution in [0, 0.1) is 17.2 Å². The van der Waals surface area contributed by atoms with Crippen molar-refractivity contribution in [1.29, 1.82) is 0 Å². The third-order valence-electron chi connectivity index (χ3n) is 8.12. The Bertz CT molecular complexity index is 1210. The smallest absolute Gasteiger partial charge is 0.416 e. The van der Waals surface area contributed by atoms with E-state index in [9.17, 15) is 4.79 Å². The highest BCUT2D eigenvalue weighted by Gasteiger charge is 2.53. The summed E-state index contributed by atoms with van der Waals surface area (Å²) in [7, 11) is 0. The second kappa shape index (κ2) is 7.14. The van der Waals surface area contributed by atoms with E-state index in [1.54, 1.807) is 4.90 Å². The minimum atomic E-state index is -0.443. The fourth-order valence-electron chi connectivity index (χ4n) is 6.71. The molecule has 1 saturated carbocycles. The number of nitrogens with one attached hydrogen (secondary N) is 1. The minimum absolute atomic E-state index is 0.0400. The fraction of sp³-hybridized carbons (Fsp3) is 0.625. The molecule has 2 saturated heterocycles. The Labute approximate surface area is 196 Å². The molecule has 34 heavy (non-hydrogen) atoms. The first-order chi connectivity index (χ1) is 16.5. The second-order valence-corrected chi connectivity index (χ2v) is 10.5. The van der Waals surface area contributed by atoms with E-state index in [1.165, 1.54) is 0 Å². The van der Waals surface area contributed by atoms with E-state index in [2.05, 4.69) is 27.3 Å². The van der Waals surface area contributed by atoms with E-state index >= 15 is 4.39 Å². The van der Waals surface area contributed by atoms with Crippen molar-refractivity contribution in [2.45, 2.75) is 57.4 Å². The van der Waals surface area contributed by atoms with Gasteiger partial charge in [-0.2, -0.15) is 0 Å². The molecular formula is C24H28FN5O4. The highest BCUT2D eigenvalue weighted by atomic mass is 19.1. The van der Waals surface area contributed by atoms with Crippen molar-refractivity contribution in [3.05, 3.63) is 17.4 Å². The van der Waals surface area contributed by atoms with Crippen molar-refractivity contribution in [1.82, 2.24) is 10.5 Å². The average molecular weight is 470 g/mol. The summed E-state index contributed by atoms with van der Waals surface area (Å²) in [4.78, 5) is 20.9. The summed E-state index contributed by atoms with van der Waals surface area (Å²) in [6.45, 7) is 6.29. The molecule has 1 aromatic heterocycles. The second-order valence-electron chi connectivity index (χ2n) is 10.5. The molecule has 1 unspecified atom stereocenters. The number of amides is 1. The number of carbonyl (C=O) groups excluding carboxylic acids is 1. The zero-order valence-corrected chi connectivity index (χ0v) is 19.3. The maximum Gasteiger partial charge on any atom is 0.416 e. The summed E-state index contributed by atoms with van der Waals surface area (Å²) in [6, 6.07) is 1.82. The molecule has 180 valence electrons. The Hall–Kier alpha value is -2.72. The van der Waals surface area contributed by atoms with Crippen LogP contribution in [0.2, 0.25) is 0 Å². The Morgan fingerprint density at radius 1 is 1.29 bits per heavy atom. The molecule has 5 heterocycles. The van der Waals surface area contributed by atoms with E-state index in [0.29, 0.717) is 49.1 Å². The molecule has 4 aliphatic heterocycles. The van der Waals surface area contributed by atoms with Crippen LogP contribution in [-0.4, -0.2) is 68.1 Å². The van der Waals surface area contributed by atoms with Crippen LogP contribution in [0.1, 0.15) is 32.3 Å². The number of ether oxygens (including phenoxy) is 2. The van der Waals surface area contributed by atoms with Crippen LogP contribution in [0.3, 0.4) is 0 Å². The summed E-state index contributed by atoms with van der Waals surface area (Å²) >= 11 is 0. The monoisotopic (exact) mass is 469 g/mol. The molecule has 5 aliphatic rings. The van der Waals surface area contributed by atoms with E-state index in [-0.39, 0.29) is 35.3 Å². The zero-order valence-electron chi connectivity index (χ0n) is 19.3. The number of aliphatic imine (C=N–C) groups is 1. The number of carbonyl (C=O) groups is 1. The van der Waals surface area contributed by atoms with E-state index in [0.717, 1.165) is 24.9 Å². The lowest BCUT2D eigenvalue weighted by Gasteiger charge is -2.56. The van der Waals surface area contributed by atoms with Crippen LogP contribution in [0.15, 0.2) is 15.6 Å². The van der Waals surface area contributed by atoms with Gasteiger partial charge in [-0.1, -0.05) is 5.16 Å². The molecule has 10 heteroatoms. The number of hydrogen-bond donors (Lipinski definition) is 1. The van der Waals surface area contributed by atoms with E-state index in [1.807, 2.05) is 19.2 Å². The SMILES string of the molecule is C[C@@H]1CN2c3c(cc4c(N5C(=O)OC[C@@H]5C5CC5)noc4c3F)CC3(C=NCNC3)[C@H]2[C@H](C)O1. The van der Waals surface area contributed by atoms with Gasteiger partial charge in [-0.05, 0) is 50.7 Å². The van der Waals surface area contributed by atoms with Crippen molar-refractivity contribution in [3.63, 3.8) is 0 Å². The third kappa shape index (κ3) is 2.81. The van der Waals surface area contributed by atoms with Crippen LogP contribution in [0.4, 0.5) is 20.7 Å². The van der Waals surface area contributed by atoms with Gasteiger partial charge in [-0.3, -0.25) is 15.2 Å². The Morgan fingerprint density at radius 3 is 2.91 bits per heavy atom. The van der Waals surface area contributed by atoms with Gasteiger partial charge in [0.15, 0.2) is 11.6 Å². The molecule has 0 radical (unpaired) electrons. The summed E-state index contributed by atoms with van der Waals surface area (Å²) in [6.07, 6.45) is 4.18. The highest BCUT2D eigenvalue weighted by molar-refractivity contribution is 6.01. The quantitative estimate of drug-likeness (QED) is 0.723. The summed E-state index contributed by atoms with van der Waals surface area (Å²) in [5.74, 6) is 0.320. The van der Waals surface area contributed by atoms with Crippen molar-refractivity contribution in [2.24, 2.45) is 16.3 Å². The summed E-state index contributed by atoms with van der Waals surface area (Å²) in [5, 5.41) is 8.10. The number of benzene rings is 1. The van der Waals surface area contributed by atoms with Crippen molar-refractivity contribution >= 4 is 34.8 Å². The largest absolute Gasteiger partial charge is 0.447 e. The Balaban J connectivity index is 1.40. The molecule has 7 rings (SSSR count). The predicted octanol–water partition coefficient (Wildman–Crippen LogP) is 2.86. The lowest BCUT2D eigenvalue weighted by molar-refractivity contribution is -0.0522. The molecule has 3 fully saturated rings. The minimum Gasteiger partial charge on any atom is -0.447 e. The fourth-order valence-corrected chi connectivity index (χ4v) is 6.71. The Kier molecular flexibility index (Phi) is 4.34. The molecule has 2 aromatic rings. The van der Waals surface area contributed by atoms with Gasteiger partial charge in [0.1, 0.15) is 6.61 Å². The molecule has 1 N–H and O–H groups in total. The number of fused-ring (bicyclic) bond motifs is 5. The first-order valence-electron chi connectivity index (χ1n) is 12.2. The maximum atomic E-state index is 16.2. The van der Waals surface area contributed by atoms with E-state index in [4.69, 9.17) is 14.0 Å². The number of cyclic esters (lactones) is 1. The third-order valence-corrected chi connectivity index (χ3v) is 8.12. The first-order valence-corrected chi connectivity index (χ1v) is 12.2. The van der Waals surface area contributed by atoms with Gasteiger partial charge in [-0.25, -0.2) is 9.18 Å². The van der Waals surface area contributed by atoms with Gasteiger partial charge in [0, 0.05) is 24.7 Å². The molecule has 1 amide bonds. The van der Waals surface area contributed by atoms with Crippen molar-refractivity contribution in [3.8, 4) is 0 Å². The highest BCUT2D eigenvalue weighted by Crippen LogP contribution is 2.49. The van der Waals surface area contributed by atoms with Gasteiger partial charge >= 0.3 is 6.09 Å². The van der Waals surface area contributed by atoms with Gasteiger partial charge < -0.3 is 18.9 Å². The first kappa shape index (κ1) is 20.6. The number of aromatic nitrogens is 1. The van der Waals surface area contributed by atoms with Gasteiger partial charge in [0.2, 0.25) is 5.58 Å². The molecule has 5 atom stereocenters. The van der Waals surface area contributed by atoms with Crippen LogP contribution in [0.5, 0.6) is 0 Å². The number of halogens is 1. The standard InChI is InChI=1S/C24H28FN5O4/c1-12-7-29-19-15(6-24(9-26-11-27-10-24)21(29)13(2)33-12)5-16-20(18(19)25)34-28-22(16)30-17(14-3-4-14)8-32-23(30)31/h5,9,12-14,17,21,27H,3-4,6-8,10-11H2,1-2H3/t12-,13+,17-,21-,24?/m1/s1. The van der Waals surface area contributed by atoms with Crippen LogP contribution in [-0.2, 0) is 15.9 Å². The molecular weight excluding hydrogens is 441 g/mol. The van der Waals surface area contributed by atoms with Crippen LogP contribution in [0.25, 0.3) is 11.0 Å². The molecule has 1 spiro atoms. The normalized spacial score (nSPS) is 35.1. The van der Waals surface area contributed by atoms with E-state index < -0.39 is 11.9 Å². The average Bonchev–Trinajstić information content (AvgIpc) is 3.45. The predicted molar refractivity (Wildman–Crippen MR) is 123 cm³/mol. The summed E-state index contributed by atoms with van der Waals surface area (Å²) in [5.41, 5.74) is 1.18. The molecule has 9 nitrogen and oxygen atoms in total. The zero-order chi connectivity index (χ0) is 23.2. The molecule has 0 bridgehead atoms. The van der Waals surface area contributed by atoms with Gasteiger partial charge in [0.05, 0.1) is 42.0 Å². The van der Waals surface area contributed by atoms with Gasteiger partial charge in [0.25, 0.3) is 0 Å². The number of anilines is 2. The number of rotatable bonds is 2. The van der Waals surface area contributed by atoms with Gasteiger partial charge in [-0.15, -0.1) is 0 Å². The topological polar surface area (TPSA) is 92.4 Å². The number of nitrogens with zero attached hydrogens (tertiary/aromatic N) is 4. The number of hydrogen-bond acceptors (Lipinski definition) is 8. The van der Waals surface area contributed by atoms with Crippen LogP contribution >= 0.6 is 0 Å². The maximum absolute atomic E-state index is 16.2. The van der Waals surface area contributed by atoms with Crippen LogP contribution < -0.4 is 15.1 Å². The lowest BCUT2D eigenvalue weighted by Crippen LogP contribution is -2.67. The number of morpholine rings is 1. The van der Waals surface area contributed by atoms with Crippen molar-refractivity contribution in [2.75, 3.05) is 36.2 Å². The Morgan fingerprint density at radius 2 is 2.15 bits per heavy atom. The van der Waals surface area contributed by atoms with Crippen molar-refractivity contribution < 1.29 is 23.2 Å². The lowest BCUT2D eigenvalue weighted by atomic mass is 9.68. The summed E-state index contributed by atoms with van der Waals surface area (Å²) < 4.78 is 33.3.